The minimum atomic E-state index is -0.641. The van der Waals surface area contributed by atoms with Crippen LogP contribution in [0.25, 0.3) is 0 Å². The molecule has 6 nitrogen and oxygen atoms in total. The Morgan fingerprint density at radius 1 is 0.818 bits per heavy atom. The van der Waals surface area contributed by atoms with E-state index in [0.29, 0.717) is 50.7 Å². The average molecular weight is 538 g/mol. The van der Waals surface area contributed by atoms with E-state index in [-0.39, 0.29) is 13.2 Å². The van der Waals surface area contributed by atoms with E-state index in [1.807, 2.05) is 0 Å². The number of ether oxygens (including phenoxy) is 2. The summed E-state index contributed by atoms with van der Waals surface area (Å²) in [5.41, 5.74) is 0. The van der Waals surface area contributed by atoms with Gasteiger partial charge in [-0.2, -0.15) is 0 Å². The second kappa shape index (κ2) is 13.2. The van der Waals surface area contributed by atoms with E-state index in [9.17, 15) is 10.2 Å². The first-order chi connectivity index (χ1) is 15.8. The lowest BCUT2D eigenvalue weighted by Gasteiger charge is -2.33. The van der Waals surface area contributed by atoms with E-state index in [1.54, 1.807) is 36.4 Å². The number of nitrogens with one attached hydrogen (secondary N) is 1. The van der Waals surface area contributed by atoms with E-state index in [4.69, 9.17) is 55.9 Å². The molecule has 0 amide bonds. The predicted molar refractivity (Wildman–Crippen MR) is 133 cm³/mol. The van der Waals surface area contributed by atoms with E-state index in [2.05, 4.69) is 10.2 Å². The van der Waals surface area contributed by atoms with Crippen molar-refractivity contribution in [3.63, 3.8) is 0 Å². The summed E-state index contributed by atoms with van der Waals surface area (Å²) in [6.45, 7) is 3.03. The molecule has 0 unspecified atom stereocenters. The van der Waals surface area contributed by atoms with Gasteiger partial charge in [-0.1, -0.05) is 46.4 Å². The smallest absolute Gasteiger partial charge is 0.121 e. The van der Waals surface area contributed by atoms with Crippen LogP contribution in [0, 0.1) is 0 Å². The van der Waals surface area contributed by atoms with Crippen molar-refractivity contribution in [3.05, 3.63) is 56.5 Å². The van der Waals surface area contributed by atoms with Crippen LogP contribution in [-0.4, -0.2) is 72.8 Å². The van der Waals surface area contributed by atoms with Gasteiger partial charge in [0.2, 0.25) is 0 Å². The summed E-state index contributed by atoms with van der Waals surface area (Å²) in [6.07, 6.45) is 0.615. The Kier molecular flexibility index (Phi) is 10.7. The van der Waals surface area contributed by atoms with Gasteiger partial charge in [-0.3, -0.25) is 0 Å². The molecular weight excluding hydrogens is 510 g/mol. The quantitative estimate of drug-likeness (QED) is 0.391. The highest BCUT2D eigenvalue weighted by atomic mass is 35.5. The maximum absolute atomic E-state index is 10.3. The van der Waals surface area contributed by atoms with Crippen molar-refractivity contribution in [3.8, 4) is 11.5 Å². The number of hydrogen-bond donors (Lipinski definition) is 3. The summed E-state index contributed by atoms with van der Waals surface area (Å²) < 4.78 is 11.2. The van der Waals surface area contributed by atoms with Gasteiger partial charge in [-0.05, 0) is 50.2 Å². The largest absolute Gasteiger partial charge is 0.491 e. The third-order valence-corrected chi connectivity index (χ3v) is 6.84. The lowest BCUT2D eigenvalue weighted by molar-refractivity contribution is 0.0556. The number of rotatable bonds is 11. The highest BCUT2D eigenvalue weighted by Gasteiger charge is 2.22. The van der Waals surface area contributed by atoms with Crippen LogP contribution in [0.1, 0.15) is 12.8 Å². The van der Waals surface area contributed by atoms with Gasteiger partial charge in [0.1, 0.15) is 36.9 Å². The Hall–Kier alpha value is -0.960. The van der Waals surface area contributed by atoms with Crippen LogP contribution in [0.5, 0.6) is 11.5 Å². The van der Waals surface area contributed by atoms with Gasteiger partial charge in [0.05, 0.1) is 20.1 Å². The summed E-state index contributed by atoms with van der Waals surface area (Å²) >= 11 is 23.7. The summed E-state index contributed by atoms with van der Waals surface area (Å²) in [6, 6.07) is 10.3. The SMILES string of the molecule is O[C@H](COc1ccc(Cl)c(Cl)c1)CN1CCC(NC[C@H](O)COc2ccc(Cl)c(Cl)c2)CC1. The third kappa shape index (κ3) is 8.96. The number of halogens is 4. The van der Waals surface area contributed by atoms with E-state index >= 15 is 0 Å². The standard InChI is InChI=1S/C23H28Cl4N2O4/c24-20-3-1-18(9-22(20)26)32-13-16(30)11-28-15-5-7-29(8-6-15)12-17(31)14-33-19-2-4-21(25)23(27)10-19/h1-4,9-10,15-17,28,30-31H,5-8,11-14H2/t16-,17-/m0/s1. The number of hydrogen-bond acceptors (Lipinski definition) is 6. The van der Waals surface area contributed by atoms with Crippen molar-refractivity contribution in [1.82, 2.24) is 10.2 Å². The molecule has 1 saturated heterocycles. The van der Waals surface area contributed by atoms with Crippen molar-refractivity contribution in [2.75, 3.05) is 39.4 Å². The van der Waals surface area contributed by atoms with E-state index < -0.39 is 12.2 Å². The third-order valence-electron chi connectivity index (χ3n) is 5.37. The van der Waals surface area contributed by atoms with Gasteiger partial charge < -0.3 is 29.9 Å². The molecule has 182 valence electrons. The van der Waals surface area contributed by atoms with Crippen LogP contribution in [0.15, 0.2) is 36.4 Å². The normalized spacial score (nSPS) is 17.0. The summed E-state index contributed by atoms with van der Waals surface area (Å²) in [5.74, 6) is 1.14. The monoisotopic (exact) mass is 536 g/mol. The molecule has 1 aliphatic heterocycles. The number of piperidine rings is 1. The van der Waals surface area contributed by atoms with Gasteiger partial charge >= 0.3 is 0 Å². The van der Waals surface area contributed by atoms with Crippen LogP contribution in [0.3, 0.4) is 0 Å². The molecule has 1 aliphatic rings. The predicted octanol–water partition coefficient (Wildman–Crippen LogP) is 4.53. The van der Waals surface area contributed by atoms with Crippen molar-refractivity contribution in [2.45, 2.75) is 31.1 Å². The lowest BCUT2D eigenvalue weighted by atomic mass is 10.0. The van der Waals surface area contributed by atoms with Crippen LogP contribution < -0.4 is 14.8 Å². The number of aliphatic hydroxyl groups is 2. The first-order valence-corrected chi connectivity index (χ1v) is 12.3. The molecule has 33 heavy (non-hydrogen) atoms. The lowest BCUT2D eigenvalue weighted by Crippen LogP contribution is -2.47. The van der Waals surface area contributed by atoms with Gasteiger partial charge in [0.25, 0.3) is 0 Å². The molecule has 1 fully saturated rings. The van der Waals surface area contributed by atoms with E-state index in [0.717, 1.165) is 25.9 Å². The molecule has 3 rings (SSSR count). The topological polar surface area (TPSA) is 74.2 Å². The van der Waals surface area contributed by atoms with Crippen molar-refractivity contribution < 1.29 is 19.7 Å². The zero-order valence-electron chi connectivity index (χ0n) is 18.0. The molecule has 0 aromatic heterocycles. The minimum Gasteiger partial charge on any atom is -0.491 e. The van der Waals surface area contributed by atoms with Gasteiger partial charge in [-0.25, -0.2) is 0 Å². The first kappa shape index (κ1) is 26.6. The Bertz CT molecular complexity index is 897. The fraction of sp³-hybridized carbons (Fsp3) is 0.478. The molecule has 2 aromatic carbocycles. The van der Waals surface area contributed by atoms with Crippen LogP contribution in [0.4, 0.5) is 0 Å². The number of aliphatic hydroxyl groups excluding tert-OH is 2. The maximum Gasteiger partial charge on any atom is 0.121 e. The van der Waals surface area contributed by atoms with E-state index in [1.165, 1.54) is 0 Å². The molecule has 1 heterocycles. The highest BCUT2D eigenvalue weighted by molar-refractivity contribution is 6.42. The van der Waals surface area contributed by atoms with Gasteiger partial charge in [0.15, 0.2) is 0 Å². The summed E-state index contributed by atoms with van der Waals surface area (Å²) in [5, 5.41) is 25.7. The summed E-state index contributed by atoms with van der Waals surface area (Å²) in [7, 11) is 0. The van der Waals surface area contributed by atoms with Crippen LogP contribution >= 0.6 is 46.4 Å². The second-order valence-electron chi connectivity index (χ2n) is 8.06. The van der Waals surface area contributed by atoms with Crippen LogP contribution in [-0.2, 0) is 0 Å². The second-order valence-corrected chi connectivity index (χ2v) is 9.69. The van der Waals surface area contributed by atoms with Crippen molar-refractivity contribution in [1.29, 1.82) is 0 Å². The molecule has 2 atom stereocenters. The van der Waals surface area contributed by atoms with Gasteiger partial charge in [0, 0.05) is 31.3 Å². The molecule has 0 bridgehead atoms. The number of benzene rings is 2. The Balaban J connectivity index is 1.29. The fourth-order valence-corrected chi connectivity index (χ4v) is 4.13. The molecule has 0 saturated carbocycles. The highest BCUT2D eigenvalue weighted by Crippen LogP contribution is 2.27. The Labute approximate surface area is 214 Å². The molecular formula is C23H28Cl4N2O4. The molecule has 0 aliphatic carbocycles. The van der Waals surface area contributed by atoms with Crippen molar-refractivity contribution in [2.24, 2.45) is 0 Å². The number of likely N-dealkylation sites (tertiary alicyclic amines) is 1. The zero-order chi connectivity index (χ0) is 23.8. The minimum absolute atomic E-state index is 0.162. The molecule has 0 radical (unpaired) electrons. The molecule has 2 aromatic rings. The van der Waals surface area contributed by atoms with Crippen molar-refractivity contribution >= 4 is 46.4 Å². The molecule has 3 N–H and O–H groups in total. The number of β-amino-alcohol motifs (C(OH)–C–C–N with tert-alkyl or cyclic N) is 1. The fourth-order valence-electron chi connectivity index (χ4n) is 3.55. The number of nitrogens with zero attached hydrogens (tertiary/aromatic N) is 1. The Morgan fingerprint density at radius 3 is 1.85 bits per heavy atom. The maximum atomic E-state index is 10.3. The average Bonchev–Trinajstić information content (AvgIpc) is 2.80. The first-order valence-electron chi connectivity index (χ1n) is 10.8. The van der Waals surface area contributed by atoms with Crippen LogP contribution in [0.2, 0.25) is 20.1 Å². The van der Waals surface area contributed by atoms with Gasteiger partial charge in [-0.15, -0.1) is 0 Å². The molecule has 10 heteroatoms. The molecule has 0 spiro atoms. The zero-order valence-corrected chi connectivity index (χ0v) is 21.0. The summed E-state index contributed by atoms with van der Waals surface area (Å²) in [4.78, 5) is 2.21. The Morgan fingerprint density at radius 2 is 1.33 bits per heavy atom.